The zero-order chi connectivity index (χ0) is 31.5. The van der Waals surface area contributed by atoms with Gasteiger partial charge in [0.2, 0.25) is 11.8 Å². The number of halogens is 2. The lowest BCUT2D eigenvalue weighted by Gasteiger charge is -2.28. The van der Waals surface area contributed by atoms with Gasteiger partial charge >= 0.3 is 6.03 Å². The van der Waals surface area contributed by atoms with Crippen LogP contribution in [0.5, 0.6) is 0 Å². The Labute approximate surface area is 268 Å². The molecule has 3 fully saturated rings. The first kappa shape index (κ1) is 31.1. The fraction of sp³-hybridized carbons (Fsp3) is 0.333. The van der Waals surface area contributed by atoms with E-state index in [0.29, 0.717) is 42.1 Å². The van der Waals surface area contributed by atoms with Crippen LogP contribution in [0.1, 0.15) is 33.9 Å². The van der Waals surface area contributed by atoms with Gasteiger partial charge in [0.1, 0.15) is 41.5 Å². The molecule has 0 saturated carbocycles. The van der Waals surface area contributed by atoms with Crippen LogP contribution in [0, 0.1) is 11.6 Å². The lowest BCUT2D eigenvalue weighted by Crippen LogP contribution is -2.45. The van der Waals surface area contributed by atoms with Crippen molar-refractivity contribution in [2.75, 3.05) is 37.7 Å². The number of aryl methyl sites for hydroxylation is 1. The van der Waals surface area contributed by atoms with Crippen LogP contribution in [0.2, 0.25) is 0 Å². The van der Waals surface area contributed by atoms with Crippen LogP contribution in [0.25, 0.3) is 0 Å². The fourth-order valence-electron chi connectivity index (χ4n) is 6.03. The molecule has 0 radical (unpaired) electrons. The molecule has 0 bridgehead atoms. The molecular weight excluding hydrogens is 619 g/mol. The second-order valence-electron chi connectivity index (χ2n) is 11.0. The Morgan fingerprint density at radius 1 is 0.711 bits per heavy atom. The molecule has 234 valence electrons. The SMILES string of the molecule is O=C1[C@H](CCc2ccccc2)N(CC(=O)N2CCS[C@H]2c2ccccc2F)C(=O)N1CC(=O)N1CCS[C@H]1c1ccccc1F. The van der Waals surface area contributed by atoms with Crippen molar-refractivity contribution in [2.45, 2.75) is 29.6 Å². The van der Waals surface area contributed by atoms with Crippen LogP contribution in [-0.4, -0.2) is 87.1 Å². The number of benzene rings is 3. The third-order valence-electron chi connectivity index (χ3n) is 8.32. The largest absolute Gasteiger partial charge is 0.328 e. The number of carbonyl (C=O) groups is 4. The maximum atomic E-state index is 14.7. The number of urea groups is 1. The predicted octanol–water partition coefficient (Wildman–Crippen LogP) is 5.08. The number of amides is 5. The van der Waals surface area contributed by atoms with Gasteiger partial charge < -0.3 is 14.7 Å². The normalized spacial score (nSPS) is 21.7. The Balaban J connectivity index is 1.21. The van der Waals surface area contributed by atoms with Gasteiger partial charge in [-0.15, -0.1) is 23.5 Å². The Hall–Kier alpha value is -3.90. The number of carbonyl (C=O) groups excluding carboxylic acids is 4. The topological polar surface area (TPSA) is 81.2 Å². The van der Waals surface area contributed by atoms with Gasteiger partial charge in [-0.25, -0.2) is 13.6 Å². The van der Waals surface area contributed by atoms with Crippen molar-refractivity contribution in [3.63, 3.8) is 0 Å². The number of imide groups is 1. The number of nitrogens with zero attached hydrogens (tertiary/aromatic N) is 4. The number of hydrogen-bond donors (Lipinski definition) is 0. The minimum absolute atomic E-state index is 0.259. The first-order chi connectivity index (χ1) is 21.8. The molecule has 3 aliphatic rings. The standard InChI is InChI=1S/C33H32F2N4O4S2/c34-25-12-6-4-10-23(25)31-36(16-18-44-31)28(40)20-38-27(15-14-22-8-2-1-3-9-22)30(42)39(33(38)43)21-29(41)37-17-19-45-32(37)24-11-5-7-13-26(24)35/h1-13,27,31-32H,14-21H2/t27-,31-,32-/m0/s1. The lowest BCUT2D eigenvalue weighted by molar-refractivity contribution is -0.138. The Morgan fingerprint density at radius 2 is 1.22 bits per heavy atom. The first-order valence-electron chi connectivity index (χ1n) is 14.8. The quantitative estimate of drug-likeness (QED) is 0.301. The van der Waals surface area contributed by atoms with Crippen LogP contribution in [0.15, 0.2) is 78.9 Å². The summed E-state index contributed by atoms with van der Waals surface area (Å²) in [7, 11) is 0. The number of rotatable bonds is 9. The molecule has 3 saturated heterocycles. The molecule has 5 amide bonds. The second kappa shape index (κ2) is 13.6. The summed E-state index contributed by atoms with van der Waals surface area (Å²) in [4.78, 5) is 60.0. The minimum Gasteiger partial charge on any atom is -0.324 e. The van der Waals surface area contributed by atoms with Crippen molar-refractivity contribution in [3.05, 3.63) is 107 Å². The zero-order valence-corrected chi connectivity index (χ0v) is 26.0. The summed E-state index contributed by atoms with van der Waals surface area (Å²) in [5.74, 6) is -1.07. The van der Waals surface area contributed by atoms with Crippen LogP contribution >= 0.6 is 23.5 Å². The fourth-order valence-corrected chi connectivity index (χ4v) is 8.62. The van der Waals surface area contributed by atoms with E-state index in [-0.39, 0.29) is 13.0 Å². The summed E-state index contributed by atoms with van der Waals surface area (Å²) in [6.45, 7) is -0.160. The molecule has 0 spiro atoms. The van der Waals surface area contributed by atoms with E-state index in [0.717, 1.165) is 10.5 Å². The maximum Gasteiger partial charge on any atom is 0.328 e. The molecule has 3 aromatic carbocycles. The molecule has 45 heavy (non-hydrogen) atoms. The van der Waals surface area contributed by atoms with E-state index < -0.39 is 58.7 Å². The highest BCUT2D eigenvalue weighted by Crippen LogP contribution is 2.40. The average molecular weight is 651 g/mol. The van der Waals surface area contributed by atoms with Crippen molar-refractivity contribution >= 4 is 47.3 Å². The maximum absolute atomic E-state index is 14.7. The molecule has 6 rings (SSSR count). The third kappa shape index (κ3) is 6.44. The van der Waals surface area contributed by atoms with Gasteiger partial charge in [-0.3, -0.25) is 19.3 Å². The van der Waals surface area contributed by atoms with Crippen LogP contribution in [-0.2, 0) is 20.8 Å². The van der Waals surface area contributed by atoms with Gasteiger partial charge in [0, 0.05) is 35.7 Å². The molecule has 0 unspecified atom stereocenters. The van der Waals surface area contributed by atoms with Crippen molar-refractivity contribution in [3.8, 4) is 0 Å². The zero-order valence-electron chi connectivity index (χ0n) is 24.4. The molecular formula is C33H32F2N4O4S2. The van der Waals surface area contributed by atoms with Crippen LogP contribution in [0.3, 0.4) is 0 Å². The van der Waals surface area contributed by atoms with E-state index in [4.69, 9.17) is 0 Å². The first-order valence-corrected chi connectivity index (χ1v) is 16.9. The number of thioether (sulfide) groups is 2. The summed E-state index contributed by atoms with van der Waals surface area (Å²) >= 11 is 2.86. The van der Waals surface area contributed by atoms with E-state index in [1.807, 2.05) is 30.3 Å². The number of hydrogen-bond acceptors (Lipinski definition) is 6. The third-order valence-corrected chi connectivity index (χ3v) is 10.8. The van der Waals surface area contributed by atoms with E-state index in [1.54, 1.807) is 41.3 Å². The molecule has 3 aliphatic heterocycles. The summed E-state index contributed by atoms with van der Waals surface area (Å²) in [6, 6.07) is 20.4. The molecule has 12 heteroatoms. The molecule has 0 aromatic heterocycles. The molecule has 0 aliphatic carbocycles. The van der Waals surface area contributed by atoms with E-state index in [9.17, 15) is 28.0 Å². The monoisotopic (exact) mass is 650 g/mol. The van der Waals surface area contributed by atoms with Crippen LogP contribution in [0.4, 0.5) is 13.6 Å². The van der Waals surface area contributed by atoms with Gasteiger partial charge in [0.15, 0.2) is 0 Å². The molecule has 8 nitrogen and oxygen atoms in total. The van der Waals surface area contributed by atoms with Crippen molar-refractivity contribution < 1.29 is 28.0 Å². The lowest BCUT2D eigenvalue weighted by atomic mass is 10.0. The van der Waals surface area contributed by atoms with Crippen molar-refractivity contribution in [1.29, 1.82) is 0 Å². The summed E-state index contributed by atoms with van der Waals surface area (Å²) in [5, 5.41) is -1.11. The van der Waals surface area contributed by atoms with Gasteiger partial charge in [-0.05, 0) is 30.5 Å². The van der Waals surface area contributed by atoms with E-state index >= 15 is 0 Å². The Bertz CT molecular complexity index is 1600. The van der Waals surface area contributed by atoms with E-state index in [1.165, 1.54) is 45.5 Å². The van der Waals surface area contributed by atoms with E-state index in [2.05, 4.69) is 0 Å². The highest BCUT2D eigenvalue weighted by molar-refractivity contribution is 8.00. The summed E-state index contributed by atoms with van der Waals surface area (Å²) in [6.07, 6.45) is 0.738. The molecule has 3 heterocycles. The summed E-state index contributed by atoms with van der Waals surface area (Å²) < 4.78 is 29.3. The molecule has 0 N–H and O–H groups in total. The average Bonchev–Trinajstić information content (AvgIpc) is 3.78. The van der Waals surface area contributed by atoms with Gasteiger partial charge in [-0.2, -0.15) is 0 Å². The molecule has 3 aromatic rings. The summed E-state index contributed by atoms with van der Waals surface area (Å²) in [5.41, 5.74) is 1.72. The van der Waals surface area contributed by atoms with Gasteiger partial charge in [0.25, 0.3) is 5.91 Å². The molecule has 3 atom stereocenters. The van der Waals surface area contributed by atoms with Gasteiger partial charge in [-0.1, -0.05) is 66.7 Å². The Morgan fingerprint density at radius 3 is 1.78 bits per heavy atom. The Kier molecular flexibility index (Phi) is 9.41. The smallest absolute Gasteiger partial charge is 0.324 e. The van der Waals surface area contributed by atoms with Crippen molar-refractivity contribution in [1.82, 2.24) is 19.6 Å². The minimum atomic E-state index is -0.952. The second-order valence-corrected chi connectivity index (χ2v) is 13.4. The van der Waals surface area contributed by atoms with Gasteiger partial charge in [0.05, 0.1) is 0 Å². The van der Waals surface area contributed by atoms with Crippen LogP contribution < -0.4 is 0 Å². The highest BCUT2D eigenvalue weighted by Gasteiger charge is 2.48. The predicted molar refractivity (Wildman–Crippen MR) is 169 cm³/mol. The highest BCUT2D eigenvalue weighted by atomic mass is 32.2. The van der Waals surface area contributed by atoms with Crippen molar-refractivity contribution in [2.24, 2.45) is 0 Å².